The molecule has 6 heteroatoms. The SMILES string of the molecule is CCCCOc1ccc(/C=C/C(=O)OC(C(N)=O)c2ccccc2)cc1OCC. The fourth-order valence-corrected chi connectivity index (χ4v) is 2.58. The molecule has 6 nitrogen and oxygen atoms in total. The fourth-order valence-electron chi connectivity index (χ4n) is 2.58. The smallest absolute Gasteiger partial charge is 0.331 e. The molecule has 0 aliphatic rings. The summed E-state index contributed by atoms with van der Waals surface area (Å²) in [5.41, 5.74) is 6.64. The van der Waals surface area contributed by atoms with Crippen LogP contribution in [0.3, 0.4) is 0 Å². The Balaban J connectivity index is 2.08. The molecule has 29 heavy (non-hydrogen) atoms. The third-order valence-electron chi connectivity index (χ3n) is 4.03. The van der Waals surface area contributed by atoms with E-state index in [-0.39, 0.29) is 0 Å². The van der Waals surface area contributed by atoms with Crippen molar-refractivity contribution in [1.82, 2.24) is 0 Å². The van der Waals surface area contributed by atoms with Gasteiger partial charge in [-0.1, -0.05) is 49.7 Å². The minimum atomic E-state index is -1.14. The topological polar surface area (TPSA) is 87.9 Å². The molecule has 2 rings (SSSR count). The summed E-state index contributed by atoms with van der Waals surface area (Å²) in [6, 6.07) is 14.1. The van der Waals surface area contributed by atoms with Gasteiger partial charge in [0.25, 0.3) is 5.91 Å². The molecule has 2 aromatic carbocycles. The predicted molar refractivity (Wildman–Crippen MR) is 112 cm³/mol. The highest BCUT2D eigenvalue weighted by atomic mass is 16.5. The number of primary amides is 1. The molecule has 2 aromatic rings. The fraction of sp³-hybridized carbons (Fsp3) is 0.304. The molecule has 0 aromatic heterocycles. The summed E-state index contributed by atoms with van der Waals surface area (Å²) in [7, 11) is 0. The van der Waals surface area contributed by atoms with Crippen LogP contribution in [0.15, 0.2) is 54.6 Å². The van der Waals surface area contributed by atoms with Gasteiger partial charge in [-0.2, -0.15) is 0 Å². The second-order valence-corrected chi connectivity index (χ2v) is 6.30. The van der Waals surface area contributed by atoms with Crippen molar-refractivity contribution in [3.05, 3.63) is 65.7 Å². The van der Waals surface area contributed by atoms with Crippen molar-refractivity contribution in [3.8, 4) is 11.5 Å². The first kappa shape index (κ1) is 22.0. The van der Waals surface area contributed by atoms with Gasteiger partial charge in [0.15, 0.2) is 11.5 Å². The number of nitrogens with two attached hydrogens (primary N) is 1. The number of unbranched alkanes of at least 4 members (excludes halogenated alkanes) is 1. The molecule has 0 saturated carbocycles. The molecule has 0 aliphatic heterocycles. The highest BCUT2D eigenvalue weighted by Crippen LogP contribution is 2.29. The van der Waals surface area contributed by atoms with Crippen molar-refractivity contribution in [1.29, 1.82) is 0 Å². The van der Waals surface area contributed by atoms with Crippen molar-refractivity contribution in [2.45, 2.75) is 32.8 Å². The Labute approximate surface area is 171 Å². The highest BCUT2D eigenvalue weighted by Gasteiger charge is 2.21. The average Bonchev–Trinajstić information content (AvgIpc) is 2.72. The number of esters is 1. The van der Waals surface area contributed by atoms with Crippen LogP contribution in [0.4, 0.5) is 0 Å². The van der Waals surface area contributed by atoms with Gasteiger partial charge in [-0.25, -0.2) is 4.79 Å². The molecule has 0 bridgehead atoms. The third kappa shape index (κ3) is 6.99. The number of hydrogen-bond acceptors (Lipinski definition) is 5. The Morgan fingerprint density at radius 1 is 1.03 bits per heavy atom. The number of carbonyl (C=O) groups excluding carboxylic acids is 2. The van der Waals surface area contributed by atoms with Crippen LogP contribution >= 0.6 is 0 Å². The van der Waals surface area contributed by atoms with Crippen LogP contribution in [0.25, 0.3) is 6.08 Å². The van der Waals surface area contributed by atoms with Gasteiger partial charge in [0, 0.05) is 11.6 Å². The molecule has 1 unspecified atom stereocenters. The lowest BCUT2D eigenvalue weighted by atomic mass is 10.1. The largest absolute Gasteiger partial charge is 0.490 e. The van der Waals surface area contributed by atoms with E-state index in [0.717, 1.165) is 18.4 Å². The van der Waals surface area contributed by atoms with Gasteiger partial charge < -0.3 is 19.9 Å². The second kappa shape index (κ2) is 11.5. The Morgan fingerprint density at radius 2 is 1.79 bits per heavy atom. The van der Waals surface area contributed by atoms with Gasteiger partial charge in [0.1, 0.15) is 0 Å². The Morgan fingerprint density at radius 3 is 2.45 bits per heavy atom. The lowest BCUT2D eigenvalue weighted by Gasteiger charge is -2.14. The van der Waals surface area contributed by atoms with Crippen LogP contribution in [0.2, 0.25) is 0 Å². The normalized spacial score (nSPS) is 11.8. The average molecular weight is 397 g/mol. The van der Waals surface area contributed by atoms with Gasteiger partial charge in [-0.15, -0.1) is 0 Å². The summed E-state index contributed by atoms with van der Waals surface area (Å²) >= 11 is 0. The van der Waals surface area contributed by atoms with E-state index in [1.54, 1.807) is 42.5 Å². The van der Waals surface area contributed by atoms with Crippen molar-refractivity contribution < 1.29 is 23.8 Å². The molecule has 0 fully saturated rings. The first-order valence-electron chi connectivity index (χ1n) is 9.67. The van der Waals surface area contributed by atoms with Crippen molar-refractivity contribution in [3.63, 3.8) is 0 Å². The Hall–Kier alpha value is -3.28. The van der Waals surface area contributed by atoms with E-state index in [1.807, 2.05) is 19.1 Å². The van der Waals surface area contributed by atoms with Crippen LogP contribution in [0, 0.1) is 0 Å². The lowest BCUT2D eigenvalue weighted by Crippen LogP contribution is -2.25. The first-order valence-corrected chi connectivity index (χ1v) is 9.67. The van der Waals surface area contributed by atoms with Crippen molar-refractivity contribution in [2.24, 2.45) is 5.73 Å². The molecule has 154 valence electrons. The molecule has 1 atom stereocenters. The van der Waals surface area contributed by atoms with E-state index in [0.29, 0.717) is 30.3 Å². The van der Waals surface area contributed by atoms with Gasteiger partial charge in [-0.3, -0.25) is 4.79 Å². The monoisotopic (exact) mass is 397 g/mol. The number of amides is 1. The summed E-state index contributed by atoms with van der Waals surface area (Å²) in [5.74, 6) is -0.125. The number of benzene rings is 2. The summed E-state index contributed by atoms with van der Waals surface area (Å²) in [5, 5.41) is 0. The zero-order valence-electron chi connectivity index (χ0n) is 16.8. The minimum Gasteiger partial charge on any atom is -0.490 e. The number of hydrogen-bond donors (Lipinski definition) is 1. The van der Waals surface area contributed by atoms with Crippen LogP contribution in [0.1, 0.15) is 43.9 Å². The molecule has 0 radical (unpaired) electrons. The van der Waals surface area contributed by atoms with Crippen LogP contribution in [0.5, 0.6) is 11.5 Å². The maximum Gasteiger partial charge on any atom is 0.331 e. The van der Waals surface area contributed by atoms with Crippen molar-refractivity contribution >= 4 is 18.0 Å². The quantitative estimate of drug-likeness (QED) is 0.351. The maximum absolute atomic E-state index is 12.2. The second-order valence-electron chi connectivity index (χ2n) is 6.30. The maximum atomic E-state index is 12.2. The number of ether oxygens (including phenoxy) is 3. The number of rotatable bonds is 11. The van der Waals surface area contributed by atoms with Crippen LogP contribution in [-0.4, -0.2) is 25.1 Å². The van der Waals surface area contributed by atoms with E-state index in [2.05, 4.69) is 6.92 Å². The third-order valence-corrected chi connectivity index (χ3v) is 4.03. The van der Waals surface area contributed by atoms with E-state index < -0.39 is 18.0 Å². The van der Waals surface area contributed by atoms with Crippen LogP contribution < -0.4 is 15.2 Å². The molecular formula is C23H27NO5. The molecule has 0 aliphatic carbocycles. The van der Waals surface area contributed by atoms with Gasteiger partial charge >= 0.3 is 5.97 Å². The zero-order chi connectivity index (χ0) is 21.1. The zero-order valence-corrected chi connectivity index (χ0v) is 16.8. The van der Waals surface area contributed by atoms with Gasteiger partial charge in [0.05, 0.1) is 13.2 Å². The molecule has 2 N–H and O–H groups in total. The van der Waals surface area contributed by atoms with Crippen LogP contribution in [-0.2, 0) is 14.3 Å². The molecule has 0 heterocycles. The van der Waals surface area contributed by atoms with Gasteiger partial charge in [-0.05, 0) is 37.1 Å². The molecular weight excluding hydrogens is 370 g/mol. The predicted octanol–water partition coefficient (Wildman–Crippen LogP) is 4.05. The highest BCUT2D eigenvalue weighted by molar-refractivity contribution is 5.90. The summed E-state index contributed by atoms with van der Waals surface area (Å²) in [4.78, 5) is 23.8. The Kier molecular flexibility index (Phi) is 8.76. The van der Waals surface area contributed by atoms with E-state index in [4.69, 9.17) is 19.9 Å². The summed E-state index contributed by atoms with van der Waals surface area (Å²) < 4.78 is 16.6. The number of carbonyl (C=O) groups is 2. The molecule has 0 spiro atoms. The van der Waals surface area contributed by atoms with E-state index >= 15 is 0 Å². The minimum absolute atomic E-state index is 0.497. The molecule has 1 amide bonds. The van der Waals surface area contributed by atoms with Crippen molar-refractivity contribution in [2.75, 3.05) is 13.2 Å². The van der Waals surface area contributed by atoms with E-state index in [1.165, 1.54) is 6.08 Å². The standard InChI is InChI=1S/C23H27NO5/c1-3-5-15-28-19-13-11-17(16-20(19)27-4-2)12-14-21(25)29-22(23(24)26)18-9-7-6-8-10-18/h6-14,16,22H,3-5,15H2,1-2H3,(H2,24,26)/b14-12+. The van der Waals surface area contributed by atoms with Gasteiger partial charge in [0.2, 0.25) is 6.10 Å². The molecule has 0 saturated heterocycles. The summed E-state index contributed by atoms with van der Waals surface area (Å²) in [6.45, 7) is 5.10. The van der Waals surface area contributed by atoms with E-state index in [9.17, 15) is 9.59 Å². The lowest BCUT2D eigenvalue weighted by molar-refractivity contribution is -0.150. The Bertz CT molecular complexity index is 832. The summed E-state index contributed by atoms with van der Waals surface area (Å²) in [6.07, 6.45) is 3.70. The first-order chi connectivity index (χ1) is 14.0.